The van der Waals surface area contributed by atoms with Gasteiger partial charge in [-0.05, 0) is 50.5 Å². The molecule has 0 spiro atoms. The molecule has 1 fully saturated rings. The molecule has 1 aliphatic rings. The van der Waals surface area contributed by atoms with Crippen molar-refractivity contribution in [2.24, 2.45) is 0 Å². The molecule has 3 aromatic rings. The van der Waals surface area contributed by atoms with Crippen molar-refractivity contribution in [2.75, 3.05) is 13.2 Å². The number of aromatic nitrogens is 2. The molecule has 0 aliphatic carbocycles. The second-order valence-corrected chi connectivity index (χ2v) is 7.51. The standard InChI is InChI=1S/C23H27N3O3/c1-16-9-10-20(17(2)14-16)29-13-11-26-19-7-4-3-6-18(19)25-22(26)15-24-23(27)21-8-5-12-28-21/h3-4,6-7,9-10,14,21H,5,8,11-13,15H2,1-2H3,(H,24,27). The van der Waals surface area contributed by atoms with Gasteiger partial charge in [0.1, 0.15) is 24.3 Å². The van der Waals surface area contributed by atoms with E-state index < -0.39 is 0 Å². The first-order valence-corrected chi connectivity index (χ1v) is 10.2. The summed E-state index contributed by atoms with van der Waals surface area (Å²) in [5, 5.41) is 2.98. The van der Waals surface area contributed by atoms with Crippen LogP contribution in [0.3, 0.4) is 0 Å². The molecule has 29 heavy (non-hydrogen) atoms. The van der Waals surface area contributed by atoms with E-state index in [0.29, 0.717) is 26.3 Å². The van der Waals surface area contributed by atoms with Gasteiger partial charge in [-0.1, -0.05) is 29.8 Å². The molecular formula is C23H27N3O3. The topological polar surface area (TPSA) is 65.4 Å². The van der Waals surface area contributed by atoms with Crippen LogP contribution in [0.2, 0.25) is 0 Å². The molecule has 152 valence electrons. The number of ether oxygens (including phenoxy) is 2. The van der Waals surface area contributed by atoms with E-state index in [2.05, 4.69) is 35.9 Å². The number of para-hydroxylation sites is 2. The van der Waals surface area contributed by atoms with Crippen molar-refractivity contribution in [1.82, 2.24) is 14.9 Å². The molecule has 6 heteroatoms. The number of nitrogens with one attached hydrogen (secondary N) is 1. The normalized spacial score (nSPS) is 16.3. The summed E-state index contributed by atoms with van der Waals surface area (Å²) >= 11 is 0. The van der Waals surface area contributed by atoms with Crippen LogP contribution < -0.4 is 10.1 Å². The van der Waals surface area contributed by atoms with E-state index >= 15 is 0 Å². The van der Waals surface area contributed by atoms with Crippen LogP contribution in [0.4, 0.5) is 0 Å². The summed E-state index contributed by atoms with van der Waals surface area (Å²) in [5.74, 6) is 1.66. The maximum absolute atomic E-state index is 12.3. The molecular weight excluding hydrogens is 366 g/mol. The third-order valence-electron chi connectivity index (χ3n) is 5.28. The predicted molar refractivity (Wildman–Crippen MR) is 112 cm³/mol. The van der Waals surface area contributed by atoms with Gasteiger partial charge < -0.3 is 19.4 Å². The van der Waals surface area contributed by atoms with E-state index in [1.165, 1.54) is 5.56 Å². The molecule has 1 saturated heterocycles. The Kier molecular flexibility index (Phi) is 5.81. The van der Waals surface area contributed by atoms with E-state index in [9.17, 15) is 4.79 Å². The summed E-state index contributed by atoms with van der Waals surface area (Å²) in [4.78, 5) is 17.0. The van der Waals surface area contributed by atoms with Gasteiger partial charge in [0.15, 0.2) is 0 Å². The van der Waals surface area contributed by atoms with Gasteiger partial charge >= 0.3 is 0 Å². The summed E-state index contributed by atoms with van der Waals surface area (Å²) < 4.78 is 13.6. The van der Waals surface area contributed by atoms with Gasteiger partial charge in [-0.2, -0.15) is 0 Å². The molecule has 1 unspecified atom stereocenters. The summed E-state index contributed by atoms with van der Waals surface area (Å²) in [6, 6.07) is 14.2. The Morgan fingerprint density at radius 2 is 2.14 bits per heavy atom. The number of amides is 1. The summed E-state index contributed by atoms with van der Waals surface area (Å²) in [5.41, 5.74) is 4.31. The van der Waals surface area contributed by atoms with Gasteiger partial charge in [0.2, 0.25) is 5.91 Å². The van der Waals surface area contributed by atoms with Gasteiger partial charge in [0, 0.05) is 6.61 Å². The smallest absolute Gasteiger partial charge is 0.249 e. The molecule has 0 saturated carbocycles. The molecule has 1 N–H and O–H groups in total. The average Bonchev–Trinajstić information content (AvgIpc) is 3.36. The zero-order chi connectivity index (χ0) is 20.2. The molecule has 2 aromatic carbocycles. The maximum atomic E-state index is 12.3. The van der Waals surface area contributed by atoms with Gasteiger partial charge in [-0.3, -0.25) is 4.79 Å². The Morgan fingerprint density at radius 3 is 2.93 bits per heavy atom. The average molecular weight is 393 g/mol. The number of aryl methyl sites for hydroxylation is 2. The van der Waals surface area contributed by atoms with E-state index in [1.54, 1.807) is 0 Å². The number of carbonyl (C=O) groups excluding carboxylic acids is 1. The van der Waals surface area contributed by atoms with Crippen LogP contribution in [0.25, 0.3) is 11.0 Å². The Morgan fingerprint density at radius 1 is 1.28 bits per heavy atom. The van der Waals surface area contributed by atoms with Crippen molar-refractivity contribution in [3.63, 3.8) is 0 Å². The number of rotatable bonds is 7. The van der Waals surface area contributed by atoms with Gasteiger partial charge in [-0.15, -0.1) is 0 Å². The second-order valence-electron chi connectivity index (χ2n) is 7.51. The quantitative estimate of drug-likeness (QED) is 0.667. The summed E-state index contributed by atoms with van der Waals surface area (Å²) in [6.45, 7) is 6.34. The van der Waals surface area contributed by atoms with Crippen molar-refractivity contribution in [1.29, 1.82) is 0 Å². The molecule has 0 radical (unpaired) electrons. The van der Waals surface area contributed by atoms with Crippen LogP contribution in [0, 0.1) is 13.8 Å². The highest BCUT2D eigenvalue weighted by Gasteiger charge is 2.23. The zero-order valence-corrected chi connectivity index (χ0v) is 17.0. The monoisotopic (exact) mass is 393 g/mol. The number of hydrogen-bond acceptors (Lipinski definition) is 4. The van der Waals surface area contributed by atoms with Gasteiger partial charge in [-0.25, -0.2) is 4.98 Å². The minimum absolute atomic E-state index is 0.0624. The second kappa shape index (κ2) is 8.66. The maximum Gasteiger partial charge on any atom is 0.249 e. The minimum atomic E-state index is -0.333. The zero-order valence-electron chi connectivity index (χ0n) is 17.0. The largest absolute Gasteiger partial charge is 0.491 e. The van der Waals surface area contributed by atoms with E-state index in [-0.39, 0.29) is 12.0 Å². The summed E-state index contributed by atoms with van der Waals surface area (Å²) in [6.07, 6.45) is 1.39. The predicted octanol–water partition coefficient (Wildman–Crippen LogP) is 3.53. The van der Waals surface area contributed by atoms with E-state index in [4.69, 9.17) is 14.5 Å². The number of imidazole rings is 1. The lowest BCUT2D eigenvalue weighted by atomic mass is 10.1. The number of benzene rings is 2. The van der Waals surface area contributed by atoms with Gasteiger partial charge in [0.05, 0.1) is 24.1 Å². The molecule has 4 rings (SSSR count). The van der Waals surface area contributed by atoms with E-state index in [0.717, 1.165) is 41.0 Å². The number of carbonyl (C=O) groups is 1. The molecule has 2 heterocycles. The Balaban J connectivity index is 1.46. The van der Waals surface area contributed by atoms with Crippen LogP contribution in [0.1, 0.15) is 29.8 Å². The first-order chi connectivity index (χ1) is 14.1. The molecule has 6 nitrogen and oxygen atoms in total. The number of nitrogens with zero attached hydrogens (tertiary/aromatic N) is 2. The van der Waals surface area contributed by atoms with Crippen LogP contribution in [0.15, 0.2) is 42.5 Å². The first-order valence-electron chi connectivity index (χ1n) is 10.2. The van der Waals surface area contributed by atoms with Crippen molar-refractivity contribution in [3.05, 3.63) is 59.4 Å². The molecule has 1 amide bonds. The lowest BCUT2D eigenvalue weighted by Gasteiger charge is -2.14. The SMILES string of the molecule is Cc1ccc(OCCn2c(CNC(=O)C3CCCO3)nc3ccccc32)c(C)c1. The molecule has 1 aromatic heterocycles. The fourth-order valence-corrected chi connectivity index (χ4v) is 3.78. The Hall–Kier alpha value is -2.86. The fourth-order valence-electron chi connectivity index (χ4n) is 3.78. The van der Waals surface area contributed by atoms with Crippen molar-refractivity contribution in [3.8, 4) is 5.75 Å². The third kappa shape index (κ3) is 4.43. The highest BCUT2D eigenvalue weighted by atomic mass is 16.5. The number of hydrogen-bond donors (Lipinski definition) is 1. The van der Waals surface area contributed by atoms with Crippen molar-refractivity contribution in [2.45, 2.75) is 45.9 Å². The molecule has 1 atom stereocenters. The van der Waals surface area contributed by atoms with Crippen LogP contribution >= 0.6 is 0 Å². The third-order valence-corrected chi connectivity index (χ3v) is 5.28. The van der Waals surface area contributed by atoms with Crippen molar-refractivity contribution >= 4 is 16.9 Å². The van der Waals surface area contributed by atoms with Crippen LogP contribution in [-0.2, 0) is 22.6 Å². The van der Waals surface area contributed by atoms with Crippen molar-refractivity contribution < 1.29 is 14.3 Å². The first kappa shape index (κ1) is 19.5. The minimum Gasteiger partial charge on any atom is -0.491 e. The van der Waals surface area contributed by atoms with Crippen LogP contribution in [0.5, 0.6) is 5.75 Å². The van der Waals surface area contributed by atoms with E-state index in [1.807, 2.05) is 30.3 Å². The summed E-state index contributed by atoms with van der Waals surface area (Å²) in [7, 11) is 0. The fraction of sp³-hybridized carbons (Fsp3) is 0.391. The van der Waals surface area contributed by atoms with Crippen LogP contribution in [-0.4, -0.2) is 34.8 Å². The van der Waals surface area contributed by atoms with Gasteiger partial charge in [0.25, 0.3) is 0 Å². The highest BCUT2D eigenvalue weighted by molar-refractivity contribution is 5.81. The molecule has 0 bridgehead atoms. The Bertz CT molecular complexity index is 1010. The Labute approximate surface area is 170 Å². The molecule has 1 aliphatic heterocycles. The lowest BCUT2D eigenvalue weighted by Crippen LogP contribution is -2.34. The highest BCUT2D eigenvalue weighted by Crippen LogP contribution is 2.20. The lowest BCUT2D eigenvalue weighted by molar-refractivity contribution is -0.130. The number of fused-ring (bicyclic) bond motifs is 1.